The fraction of sp³-hybridized carbons (Fsp3) is 0.385. The first-order chi connectivity index (χ1) is 9.27. The van der Waals surface area contributed by atoms with Crippen LogP contribution in [0, 0.1) is 0 Å². The Hall–Kier alpha value is -1.89. The summed E-state index contributed by atoms with van der Waals surface area (Å²) in [5.41, 5.74) is 0.785. The Labute approximate surface area is 117 Å². The lowest BCUT2D eigenvalue weighted by molar-refractivity contribution is -0.144. The van der Waals surface area contributed by atoms with E-state index < -0.39 is 15.9 Å². The van der Waals surface area contributed by atoms with Crippen LogP contribution < -0.4 is 5.32 Å². The number of amides is 2. The van der Waals surface area contributed by atoms with Crippen LogP contribution in [0.2, 0.25) is 0 Å². The SMILES string of the molecule is CC1NC(=O)CN(Cc2ccc(S(C)(=O)=O)cc2)C1=O. The van der Waals surface area contributed by atoms with Gasteiger partial charge in [0, 0.05) is 12.8 Å². The molecule has 1 N–H and O–H groups in total. The molecule has 1 aromatic rings. The summed E-state index contributed by atoms with van der Waals surface area (Å²) in [6.07, 6.45) is 1.14. The van der Waals surface area contributed by atoms with E-state index in [0.717, 1.165) is 11.8 Å². The second-order valence-corrected chi connectivity index (χ2v) is 6.92. The zero-order valence-electron chi connectivity index (χ0n) is 11.3. The molecule has 1 atom stereocenters. The van der Waals surface area contributed by atoms with Crippen molar-refractivity contribution >= 4 is 21.7 Å². The highest BCUT2D eigenvalue weighted by atomic mass is 32.2. The molecule has 0 bridgehead atoms. The van der Waals surface area contributed by atoms with Crippen LogP contribution in [0.3, 0.4) is 0 Å². The minimum Gasteiger partial charge on any atom is -0.343 e. The van der Waals surface area contributed by atoms with Crippen LogP contribution in [-0.2, 0) is 26.0 Å². The number of rotatable bonds is 3. The van der Waals surface area contributed by atoms with Gasteiger partial charge in [-0.1, -0.05) is 12.1 Å². The first-order valence-corrected chi connectivity index (χ1v) is 8.03. The first kappa shape index (κ1) is 14.5. The van der Waals surface area contributed by atoms with Gasteiger partial charge in [0.05, 0.1) is 11.4 Å². The number of sulfone groups is 1. The standard InChI is InChI=1S/C13H16N2O4S/c1-9-13(17)15(8-12(16)14-9)7-10-3-5-11(6-4-10)20(2,18)19/h3-6,9H,7-8H2,1-2H3,(H,14,16). The van der Waals surface area contributed by atoms with Crippen LogP contribution in [0.25, 0.3) is 0 Å². The maximum absolute atomic E-state index is 11.9. The maximum atomic E-state index is 11.9. The highest BCUT2D eigenvalue weighted by Gasteiger charge is 2.29. The second kappa shape index (κ2) is 5.24. The number of piperazine rings is 1. The van der Waals surface area contributed by atoms with Crippen LogP contribution in [-0.4, -0.2) is 44.0 Å². The molecule has 0 spiro atoms. The van der Waals surface area contributed by atoms with Gasteiger partial charge in [-0.25, -0.2) is 8.42 Å². The van der Waals surface area contributed by atoms with E-state index in [0.29, 0.717) is 6.54 Å². The third kappa shape index (κ3) is 3.16. The summed E-state index contributed by atoms with van der Waals surface area (Å²) in [6.45, 7) is 1.96. The van der Waals surface area contributed by atoms with E-state index in [1.165, 1.54) is 17.0 Å². The van der Waals surface area contributed by atoms with Crippen molar-refractivity contribution in [2.75, 3.05) is 12.8 Å². The third-order valence-corrected chi connectivity index (χ3v) is 4.25. The fourth-order valence-electron chi connectivity index (χ4n) is 2.07. The lowest BCUT2D eigenvalue weighted by atomic mass is 10.1. The Bertz CT molecular complexity index is 637. The van der Waals surface area contributed by atoms with Crippen LogP contribution in [0.5, 0.6) is 0 Å². The molecule has 1 saturated heterocycles. The van der Waals surface area contributed by atoms with Crippen LogP contribution in [0.4, 0.5) is 0 Å². The molecular formula is C13H16N2O4S. The van der Waals surface area contributed by atoms with Crippen molar-refractivity contribution in [3.8, 4) is 0 Å². The Morgan fingerprint density at radius 2 is 1.85 bits per heavy atom. The van der Waals surface area contributed by atoms with Gasteiger partial charge in [-0.2, -0.15) is 0 Å². The summed E-state index contributed by atoms with van der Waals surface area (Å²) in [6, 6.07) is 5.79. The van der Waals surface area contributed by atoms with E-state index in [2.05, 4.69) is 5.32 Å². The van der Waals surface area contributed by atoms with Crippen molar-refractivity contribution in [1.82, 2.24) is 10.2 Å². The molecule has 1 aromatic carbocycles. The second-order valence-electron chi connectivity index (χ2n) is 4.90. The molecule has 1 fully saturated rings. The monoisotopic (exact) mass is 296 g/mol. The lowest BCUT2D eigenvalue weighted by Crippen LogP contribution is -2.56. The fourth-order valence-corrected chi connectivity index (χ4v) is 2.70. The van der Waals surface area contributed by atoms with Gasteiger partial charge in [0.15, 0.2) is 9.84 Å². The van der Waals surface area contributed by atoms with Gasteiger partial charge in [-0.05, 0) is 24.6 Å². The summed E-state index contributed by atoms with van der Waals surface area (Å²) < 4.78 is 22.7. The van der Waals surface area contributed by atoms with Crippen molar-refractivity contribution < 1.29 is 18.0 Å². The number of nitrogens with one attached hydrogen (secondary N) is 1. The van der Waals surface area contributed by atoms with Gasteiger partial charge >= 0.3 is 0 Å². The molecule has 6 nitrogen and oxygen atoms in total. The highest BCUT2D eigenvalue weighted by Crippen LogP contribution is 2.13. The molecule has 1 aliphatic heterocycles. The zero-order valence-corrected chi connectivity index (χ0v) is 12.1. The minimum atomic E-state index is -3.23. The van der Waals surface area contributed by atoms with E-state index in [4.69, 9.17) is 0 Å². The Kier molecular flexibility index (Phi) is 3.80. The van der Waals surface area contributed by atoms with Crippen molar-refractivity contribution in [2.24, 2.45) is 0 Å². The van der Waals surface area contributed by atoms with E-state index in [1.807, 2.05) is 0 Å². The quantitative estimate of drug-likeness (QED) is 0.847. The molecule has 1 heterocycles. The Morgan fingerprint density at radius 3 is 2.40 bits per heavy atom. The van der Waals surface area contributed by atoms with Gasteiger partial charge in [0.25, 0.3) is 0 Å². The molecule has 108 valence electrons. The summed E-state index contributed by atoms with van der Waals surface area (Å²) >= 11 is 0. The smallest absolute Gasteiger partial charge is 0.245 e. The first-order valence-electron chi connectivity index (χ1n) is 6.14. The average Bonchev–Trinajstić information content (AvgIpc) is 2.35. The number of nitrogens with zero attached hydrogens (tertiary/aromatic N) is 1. The predicted molar refractivity (Wildman–Crippen MR) is 72.6 cm³/mol. The molecule has 0 radical (unpaired) electrons. The third-order valence-electron chi connectivity index (χ3n) is 3.12. The topological polar surface area (TPSA) is 83.6 Å². The maximum Gasteiger partial charge on any atom is 0.245 e. The summed E-state index contributed by atoms with van der Waals surface area (Å²) in [5, 5.41) is 2.56. The molecule has 0 aliphatic carbocycles. The van der Waals surface area contributed by atoms with Crippen molar-refractivity contribution in [1.29, 1.82) is 0 Å². The molecule has 2 amide bonds. The van der Waals surface area contributed by atoms with Crippen molar-refractivity contribution in [3.63, 3.8) is 0 Å². The predicted octanol–water partition coefficient (Wildman–Crippen LogP) is -0.0630. The molecule has 1 unspecified atom stereocenters. The Morgan fingerprint density at radius 1 is 1.25 bits per heavy atom. The number of hydrogen-bond acceptors (Lipinski definition) is 4. The summed E-state index contributed by atoms with van der Waals surface area (Å²) in [7, 11) is -3.23. The van der Waals surface area contributed by atoms with Gasteiger partial charge in [0.1, 0.15) is 6.04 Å². The molecule has 0 aromatic heterocycles. The van der Waals surface area contributed by atoms with Gasteiger partial charge in [-0.15, -0.1) is 0 Å². The molecule has 0 saturated carbocycles. The summed E-state index contributed by atoms with van der Waals surface area (Å²) in [4.78, 5) is 25.0. The van der Waals surface area contributed by atoms with E-state index >= 15 is 0 Å². The van der Waals surface area contributed by atoms with E-state index in [9.17, 15) is 18.0 Å². The Balaban J connectivity index is 2.14. The molecule has 2 rings (SSSR count). The van der Waals surface area contributed by atoms with Crippen LogP contribution in [0.1, 0.15) is 12.5 Å². The normalized spacial score (nSPS) is 19.9. The van der Waals surface area contributed by atoms with Crippen molar-refractivity contribution in [2.45, 2.75) is 24.4 Å². The van der Waals surface area contributed by atoms with E-state index in [-0.39, 0.29) is 23.3 Å². The minimum absolute atomic E-state index is 0.0248. The summed E-state index contributed by atoms with van der Waals surface area (Å²) in [5.74, 6) is -0.332. The average molecular weight is 296 g/mol. The molecule has 7 heteroatoms. The zero-order chi connectivity index (χ0) is 14.9. The van der Waals surface area contributed by atoms with Gasteiger partial charge in [-0.3, -0.25) is 9.59 Å². The van der Waals surface area contributed by atoms with Gasteiger partial charge in [0.2, 0.25) is 11.8 Å². The molecule has 1 aliphatic rings. The highest BCUT2D eigenvalue weighted by molar-refractivity contribution is 7.90. The van der Waals surface area contributed by atoms with Crippen LogP contribution >= 0.6 is 0 Å². The number of benzene rings is 1. The molecule has 20 heavy (non-hydrogen) atoms. The van der Waals surface area contributed by atoms with E-state index in [1.54, 1.807) is 19.1 Å². The number of hydrogen-bond donors (Lipinski definition) is 1. The number of carbonyl (C=O) groups excluding carboxylic acids is 2. The van der Waals surface area contributed by atoms with Gasteiger partial charge < -0.3 is 10.2 Å². The molecular weight excluding hydrogens is 280 g/mol. The largest absolute Gasteiger partial charge is 0.343 e. The van der Waals surface area contributed by atoms with Crippen LogP contribution in [0.15, 0.2) is 29.2 Å². The lowest BCUT2D eigenvalue weighted by Gasteiger charge is -2.30. The van der Waals surface area contributed by atoms with Crippen molar-refractivity contribution in [3.05, 3.63) is 29.8 Å². The number of carbonyl (C=O) groups is 2.